The Kier molecular flexibility index (Phi) is 4.18. The molecule has 68 valence electrons. The van der Waals surface area contributed by atoms with E-state index in [1.807, 2.05) is 19.9 Å². The van der Waals surface area contributed by atoms with Crippen molar-refractivity contribution >= 4 is 13.3 Å². The van der Waals surface area contributed by atoms with E-state index in [-0.39, 0.29) is 6.15 Å². The van der Waals surface area contributed by atoms with Gasteiger partial charge in [0.2, 0.25) is 8.03 Å². The van der Waals surface area contributed by atoms with Gasteiger partial charge in [0.05, 0.1) is 0 Å². The third-order valence-electron chi connectivity index (χ3n) is 1.47. The normalized spacial score (nSPS) is 11.9. The number of rotatable bonds is 1. The summed E-state index contributed by atoms with van der Waals surface area (Å²) in [5, 5.41) is 0.549. The molecule has 0 amide bonds. The van der Waals surface area contributed by atoms with E-state index in [2.05, 4.69) is 0 Å². The van der Waals surface area contributed by atoms with E-state index < -0.39 is 8.03 Å². The highest BCUT2D eigenvalue weighted by atomic mass is 31.1. The van der Waals surface area contributed by atoms with Crippen molar-refractivity contribution in [2.75, 3.05) is 0 Å². The van der Waals surface area contributed by atoms with Crippen LogP contribution in [0.5, 0.6) is 0 Å². The fourth-order valence-electron chi connectivity index (χ4n) is 1.10. The van der Waals surface area contributed by atoms with Gasteiger partial charge in [-0.1, -0.05) is 17.2 Å². The summed E-state index contributed by atoms with van der Waals surface area (Å²) in [4.78, 5) is 8.82. The predicted molar refractivity (Wildman–Crippen MR) is 51.8 cm³/mol. The maximum absolute atomic E-state index is 10.7. The lowest BCUT2D eigenvalue weighted by molar-refractivity contribution is 0.513. The van der Waals surface area contributed by atoms with Crippen LogP contribution in [0.4, 0.5) is 0 Å². The molecule has 0 saturated carbocycles. The summed E-state index contributed by atoms with van der Waals surface area (Å²) >= 11 is 0. The Bertz CT molecular complexity index is 279. The molecule has 0 aliphatic carbocycles. The smallest absolute Gasteiger partial charge is 0.218 e. The van der Waals surface area contributed by atoms with Crippen molar-refractivity contribution in [2.24, 2.45) is 0 Å². The van der Waals surface area contributed by atoms with E-state index >= 15 is 0 Å². The predicted octanol–water partition coefficient (Wildman–Crippen LogP) is 1.56. The van der Waals surface area contributed by atoms with E-state index in [4.69, 9.17) is 4.89 Å². The van der Waals surface area contributed by atoms with Gasteiger partial charge in [0, 0.05) is 5.30 Å². The zero-order chi connectivity index (χ0) is 8.43. The van der Waals surface area contributed by atoms with Crippen molar-refractivity contribution in [1.29, 1.82) is 0 Å². The van der Waals surface area contributed by atoms with Gasteiger partial charge in [-0.05, 0) is 26.0 Å². The van der Waals surface area contributed by atoms with Crippen LogP contribution in [-0.2, 0) is 4.57 Å². The zero-order valence-electron chi connectivity index (χ0n) is 7.29. The summed E-state index contributed by atoms with van der Waals surface area (Å²) in [6.45, 7) is 3.84. The number of aryl methyl sites for hydroxylation is 2. The molecule has 4 N–H and O–H groups in total. The van der Waals surface area contributed by atoms with Crippen LogP contribution < -0.4 is 11.5 Å². The molecule has 0 saturated heterocycles. The highest BCUT2D eigenvalue weighted by Gasteiger charge is 1.99. The lowest BCUT2D eigenvalue weighted by Crippen LogP contribution is -1.97. The molecule has 1 atom stereocenters. The summed E-state index contributed by atoms with van der Waals surface area (Å²) in [6.07, 6.45) is 0. The highest BCUT2D eigenvalue weighted by Crippen LogP contribution is 2.14. The Hall–Kier alpha value is -0.630. The van der Waals surface area contributed by atoms with E-state index in [1.165, 1.54) is 0 Å². The maximum atomic E-state index is 10.7. The Morgan fingerprint density at radius 2 is 1.58 bits per heavy atom. The Labute approximate surface area is 72.9 Å². The molecular weight excluding hydrogens is 173 g/mol. The van der Waals surface area contributed by atoms with Gasteiger partial charge < -0.3 is 11.0 Å². The van der Waals surface area contributed by atoms with Gasteiger partial charge in [0.15, 0.2) is 0 Å². The molecule has 0 aliphatic rings. The molecule has 0 aliphatic heterocycles. The Morgan fingerprint density at radius 3 is 1.92 bits per heavy atom. The van der Waals surface area contributed by atoms with Crippen molar-refractivity contribution < 1.29 is 9.46 Å². The molecule has 0 radical (unpaired) electrons. The first-order valence-electron chi connectivity index (χ1n) is 3.41. The summed E-state index contributed by atoms with van der Waals surface area (Å²) in [5.74, 6) is 0. The van der Waals surface area contributed by atoms with Crippen molar-refractivity contribution in [3.63, 3.8) is 0 Å². The minimum atomic E-state index is -2.51. The topological polar surface area (TPSA) is 72.3 Å². The van der Waals surface area contributed by atoms with Crippen molar-refractivity contribution in [3.05, 3.63) is 29.3 Å². The van der Waals surface area contributed by atoms with Gasteiger partial charge in [-0.25, -0.2) is 0 Å². The molecule has 1 aromatic rings. The van der Waals surface area contributed by atoms with Crippen molar-refractivity contribution in [1.82, 2.24) is 6.15 Å². The Balaban J connectivity index is 0.00000121. The van der Waals surface area contributed by atoms with Crippen LogP contribution in [0, 0.1) is 13.8 Å². The maximum Gasteiger partial charge on any atom is 0.218 e. The molecule has 1 unspecified atom stereocenters. The minimum Gasteiger partial charge on any atom is -0.344 e. The molecule has 0 bridgehead atoms. The van der Waals surface area contributed by atoms with Gasteiger partial charge in [-0.3, -0.25) is 4.57 Å². The van der Waals surface area contributed by atoms with Gasteiger partial charge in [-0.2, -0.15) is 0 Å². The highest BCUT2D eigenvalue weighted by molar-refractivity contribution is 7.47. The van der Waals surface area contributed by atoms with Gasteiger partial charge in [0.1, 0.15) is 0 Å². The molecule has 1 rings (SSSR count). The third-order valence-corrected chi connectivity index (χ3v) is 2.25. The van der Waals surface area contributed by atoms with E-state index in [9.17, 15) is 4.57 Å². The fraction of sp³-hybridized carbons (Fsp3) is 0.250. The summed E-state index contributed by atoms with van der Waals surface area (Å²) < 4.78 is 10.7. The molecule has 12 heavy (non-hydrogen) atoms. The average Bonchev–Trinajstić information content (AvgIpc) is 1.85. The number of hydrogen-bond donors (Lipinski definition) is 2. The minimum absolute atomic E-state index is 0. The van der Waals surface area contributed by atoms with E-state index in [1.54, 1.807) is 12.1 Å². The molecule has 1 aromatic carbocycles. The second-order valence-electron chi connectivity index (χ2n) is 2.68. The molecular formula is C8H14NO2P. The van der Waals surface area contributed by atoms with Crippen molar-refractivity contribution in [2.45, 2.75) is 13.8 Å². The lowest BCUT2D eigenvalue weighted by Gasteiger charge is -1.99. The largest absolute Gasteiger partial charge is 0.344 e. The van der Waals surface area contributed by atoms with E-state index in [0.29, 0.717) is 5.30 Å². The van der Waals surface area contributed by atoms with Crippen LogP contribution >= 0.6 is 8.03 Å². The molecule has 0 spiro atoms. The summed E-state index contributed by atoms with van der Waals surface area (Å²) in [5.41, 5.74) is 2.07. The van der Waals surface area contributed by atoms with E-state index in [0.717, 1.165) is 11.1 Å². The van der Waals surface area contributed by atoms with Crippen LogP contribution in [-0.4, -0.2) is 4.89 Å². The molecule has 0 heterocycles. The summed E-state index contributed by atoms with van der Waals surface area (Å²) in [6, 6.07) is 5.47. The Morgan fingerprint density at radius 1 is 1.17 bits per heavy atom. The average molecular weight is 187 g/mol. The zero-order valence-corrected chi connectivity index (χ0v) is 8.29. The number of hydrogen-bond acceptors (Lipinski definition) is 2. The fourth-order valence-corrected chi connectivity index (χ4v) is 1.80. The quantitative estimate of drug-likeness (QED) is 0.655. The molecule has 0 fully saturated rings. The lowest BCUT2D eigenvalue weighted by atomic mass is 10.2. The molecule has 3 nitrogen and oxygen atoms in total. The number of benzene rings is 1. The first-order chi connectivity index (χ1) is 5.09. The van der Waals surface area contributed by atoms with Gasteiger partial charge >= 0.3 is 0 Å². The van der Waals surface area contributed by atoms with Crippen LogP contribution in [0.25, 0.3) is 0 Å². The standard InChI is InChI=1S/C8H11O2P.H3N/c1-6-3-7(2)5-8(4-6)11(9)10;/h3-5,11H,1-2H3,(H,9,10);1H3. The van der Waals surface area contributed by atoms with Crippen LogP contribution in [0.1, 0.15) is 11.1 Å². The van der Waals surface area contributed by atoms with Gasteiger partial charge in [0.25, 0.3) is 0 Å². The summed E-state index contributed by atoms with van der Waals surface area (Å²) in [7, 11) is -2.51. The van der Waals surface area contributed by atoms with Crippen LogP contribution in [0.3, 0.4) is 0 Å². The van der Waals surface area contributed by atoms with Crippen molar-refractivity contribution in [3.8, 4) is 0 Å². The second kappa shape index (κ2) is 4.41. The van der Waals surface area contributed by atoms with Gasteiger partial charge in [-0.15, -0.1) is 0 Å². The second-order valence-corrected chi connectivity index (χ2v) is 3.87. The molecule has 4 heteroatoms. The first-order valence-corrected chi connectivity index (χ1v) is 4.77. The monoisotopic (exact) mass is 187 g/mol. The van der Waals surface area contributed by atoms with Crippen LogP contribution in [0.2, 0.25) is 0 Å². The molecule has 0 aromatic heterocycles. The third kappa shape index (κ3) is 2.78. The SMILES string of the molecule is Cc1cc(C)cc([PH](=O)O)c1.N. The first kappa shape index (κ1) is 11.4. The van der Waals surface area contributed by atoms with Crippen LogP contribution in [0.15, 0.2) is 18.2 Å².